The van der Waals surface area contributed by atoms with Crippen LogP contribution in [-0.2, 0) is 9.59 Å². The molecule has 1 unspecified atom stereocenters. The van der Waals surface area contributed by atoms with Gasteiger partial charge in [0.05, 0.1) is 17.3 Å². The second-order valence-corrected chi connectivity index (χ2v) is 5.08. The summed E-state index contributed by atoms with van der Waals surface area (Å²) in [5.74, 6) is -1.24. The first-order valence-electron chi connectivity index (χ1n) is 5.67. The van der Waals surface area contributed by atoms with E-state index in [1.165, 1.54) is 4.90 Å². The molecule has 0 aliphatic carbocycles. The molecular formula is C13H12BrNO3. The lowest BCUT2D eigenvalue weighted by Gasteiger charge is -2.23. The number of benzene rings is 1. The van der Waals surface area contributed by atoms with Crippen molar-refractivity contribution in [2.75, 3.05) is 4.90 Å². The maximum atomic E-state index is 11.9. The molecule has 4 nitrogen and oxygen atoms in total. The third-order valence-corrected chi connectivity index (χ3v) is 3.57. The van der Waals surface area contributed by atoms with Crippen molar-refractivity contribution in [3.05, 3.63) is 28.2 Å². The Kier molecular flexibility index (Phi) is 3.34. The highest BCUT2D eigenvalue weighted by molar-refractivity contribution is 9.10. The number of halogens is 1. The van der Waals surface area contributed by atoms with Crippen LogP contribution in [0.4, 0.5) is 5.69 Å². The third-order valence-electron chi connectivity index (χ3n) is 3.08. The Morgan fingerprint density at radius 2 is 2.06 bits per heavy atom. The molecule has 1 aliphatic rings. The first-order valence-corrected chi connectivity index (χ1v) is 6.46. The van der Waals surface area contributed by atoms with E-state index in [2.05, 4.69) is 15.9 Å². The Labute approximate surface area is 113 Å². The predicted octanol–water partition coefficient (Wildman–Crippen LogP) is 2.35. The molecule has 0 bridgehead atoms. The average Bonchev–Trinajstić information content (AvgIpc) is 2.60. The molecule has 1 aliphatic heterocycles. The van der Waals surface area contributed by atoms with E-state index in [1.54, 1.807) is 32.0 Å². The molecule has 0 fully saturated rings. The molecule has 0 saturated heterocycles. The van der Waals surface area contributed by atoms with Crippen molar-refractivity contribution in [2.24, 2.45) is 0 Å². The number of carbonyl (C=O) groups is 3. The lowest BCUT2D eigenvalue weighted by Crippen LogP contribution is -2.42. The van der Waals surface area contributed by atoms with Crippen molar-refractivity contribution >= 4 is 39.1 Å². The van der Waals surface area contributed by atoms with Crippen LogP contribution in [0, 0.1) is 0 Å². The second-order valence-electron chi connectivity index (χ2n) is 4.16. The number of nitrogens with zero attached hydrogens (tertiary/aromatic N) is 1. The molecule has 1 amide bonds. The summed E-state index contributed by atoms with van der Waals surface area (Å²) in [7, 11) is 0. The summed E-state index contributed by atoms with van der Waals surface area (Å²) < 4.78 is 0.735. The van der Waals surface area contributed by atoms with Gasteiger partial charge in [-0.25, -0.2) is 0 Å². The summed E-state index contributed by atoms with van der Waals surface area (Å²) in [5, 5.41) is 0. The number of Topliss-reactive ketones (excluding diaryl/α,β-unsaturated/α-hetero) is 2. The van der Waals surface area contributed by atoms with Gasteiger partial charge in [0, 0.05) is 10.9 Å². The molecule has 1 aromatic rings. The number of hydrogen-bond donors (Lipinski definition) is 0. The lowest BCUT2D eigenvalue weighted by atomic mass is 10.1. The first-order chi connectivity index (χ1) is 8.47. The van der Waals surface area contributed by atoms with Crippen LogP contribution < -0.4 is 4.90 Å². The predicted molar refractivity (Wildman–Crippen MR) is 70.7 cm³/mol. The van der Waals surface area contributed by atoms with Gasteiger partial charge in [-0.1, -0.05) is 22.9 Å². The van der Waals surface area contributed by atoms with E-state index in [-0.39, 0.29) is 5.78 Å². The van der Waals surface area contributed by atoms with E-state index in [1.807, 2.05) is 0 Å². The number of fused-ring (bicyclic) bond motifs is 1. The van der Waals surface area contributed by atoms with Gasteiger partial charge in [-0.15, -0.1) is 0 Å². The summed E-state index contributed by atoms with van der Waals surface area (Å²) in [6, 6.07) is 4.44. The van der Waals surface area contributed by atoms with E-state index >= 15 is 0 Å². The van der Waals surface area contributed by atoms with Crippen LogP contribution in [0.5, 0.6) is 0 Å². The average molecular weight is 310 g/mol. The summed E-state index contributed by atoms with van der Waals surface area (Å²) >= 11 is 3.26. The standard InChI is InChI=1S/C13H12BrNO3/c1-3-11(16)7(2)15-10-5-4-8(14)6-9(10)12(17)13(15)18/h4-7H,3H2,1-2H3. The van der Waals surface area contributed by atoms with E-state index in [0.717, 1.165) is 4.47 Å². The fourth-order valence-electron chi connectivity index (χ4n) is 2.06. The van der Waals surface area contributed by atoms with Crippen LogP contribution in [0.15, 0.2) is 22.7 Å². The second kappa shape index (κ2) is 4.65. The van der Waals surface area contributed by atoms with Crippen LogP contribution in [0.2, 0.25) is 0 Å². The molecule has 1 atom stereocenters. The number of carbonyl (C=O) groups excluding carboxylic acids is 3. The van der Waals surface area contributed by atoms with Crippen LogP contribution >= 0.6 is 15.9 Å². The molecule has 18 heavy (non-hydrogen) atoms. The molecule has 0 spiro atoms. The zero-order valence-electron chi connectivity index (χ0n) is 10.1. The molecule has 0 aromatic heterocycles. The molecule has 1 aromatic carbocycles. The van der Waals surface area contributed by atoms with Gasteiger partial charge in [0.25, 0.3) is 11.7 Å². The van der Waals surface area contributed by atoms with Gasteiger partial charge in [-0.05, 0) is 25.1 Å². The Morgan fingerprint density at radius 1 is 1.39 bits per heavy atom. The summed E-state index contributed by atoms with van der Waals surface area (Å²) in [4.78, 5) is 36.8. The van der Waals surface area contributed by atoms with E-state index < -0.39 is 17.7 Å². The zero-order chi connectivity index (χ0) is 13.4. The fraction of sp³-hybridized carbons (Fsp3) is 0.308. The fourth-order valence-corrected chi connectivity index (χ4v) is 2.42. The minimum absolute atomic E-state index is 0.0630. The first kappa shape index (κ1) is 13.0. The highest BCUT2D eigenvalue weighted by atomic mass is 79.9. The van der Waals surface area contributed by atoms with Gasteiger partial charge in [0.2, 0.25) is 0 Å². The van der Waals surface area contributed by atoms with Gasteiger partial charge in [-0.2, -0.15) is 0 Å². The third kappa shape index (κ3) is 1.88. The highest BCUT2D eigenvalue weighted by Crippen LogP contribution is 2.33. The summed E-state index contributed by atoms with van der Waals surface area (Å²) in [6.07, 6.45) is 0.338. The molecular weight excluding hydrogens is 298 g/mol. The minimum atomic E-state index is -0.627. The Hall–Kier alpha value is -1.49. The van der Waals surface area contributed by atoms with Gasteiger partial charge in [0.1, 0.15) is 0 Å². The molecule has 0 radical (unpaired) electrons. The van der Waals surface area contributed by atoms with Crippen molar-refractivity contribution in [1.82, 2.24) is 0 Å². The summed E-state index contributed by atoms with van der Waals surface area (Å²) in [6.45, 7) is 3.39. The van der Waals surface area contributed by atoms with Gasteiger partial charge >= 0.3 is 0 Å². The molecule has 0 saturated carbocycles. The number of rotatable bonds is 3. The van der Waals surface area contributed by atoms with Gasteiger partial charge in [0.15, 0.2) is 5.78 Å². The zero-order valence-corrected chi connectivity index (χ0v) is 11.7. The lowest BCUT2D eigenvalue weighted by molar-refractivity contribution is -0.122. The quantitative estimate of drug-likeness (QED) is 0.805. The van der Waals surface area contributed by atoms with Crippen molar-refractivity contribution in [2.45, 2.75) is 26.3 Å². The number of amides is 1. The Balaban J connectivity index is 2.49. The smallest absolute Gasteiger partial charge is 0.297 e. The minimum Gasteiger partial charge on any atom is -0.297 e. The van der Waals surface area contributed by atoms with E-state index in [0.29, 0.717) is 17.7 Å². The van der Waals surface area contributed by atoms with Crippen LogP contribution in [0.1, 0.15) is 30.6 Å². The van der Waals surface area contributed by atoms with Crippen molar-refractivity contribution in [3.8, 4) is 0 Å². The topological polar surface area (TPSA) is 54.5 Å². The Morgan fingerprint density at radius 3 is 2.67 bits per heavy atom. The maximum Gasteiger partial charge on any atom is 0.300 e. The highest BCUT2D eigenvalue weighted by Gasteiger charge is 2.40. The number of ketones is 2. The number of hydrogen-bond acceptors (Lipinski definition) is 3. The molecule has 5 heteroatoms. The van der Waals surface area contributed by atoms with Crippen LogP contribution in [0.3, 0.4) is 0 Å². The monoisotopic (exact) mass is 309 g/mol. The van der Waals surface area contributed by atoms with Crippen molar-refractivity contribution in [1.29, 1.82) is 0 Å². The maximum absolute atomic E-state index is 11.9. The number of anilines is 1. The normalized spacial score (nSPS) is 15.8. The SMILES string of the molecule is CCC(=O)C(C)N1C(=O)C(=O)c2cc(Br)ccc21. The van der Waals surface area contributed by atoms with Crippen LogP contribution in [0.25, 0.3) is 0 Å². The summed E-state index contributed by atoms with van der Waals surface area (Å²) in [5.41, 5.74) is 0.868. The van der Waals surface area contributed by atoms with Gasteiger partial charge in [-0.3, -0.25) is 19.3 Å². The largest absolute Gasteiger partial charge is 0.300 e. The molecule has 94 valence electrons. The van der Waals surface area contributed by atoms with Crippen molar-refractivity contribution in [3.63, 3.8) is 0 Å². The molecule has 2 rings (SSSR count). The van der Waals surface area contributed by atoms with Crippen molar-refractivity contribution < 1.29 is 14.4 Å². The van der Waals surface area contributed by atoms with Crippen LogP contribution in [-0.4, -0.2) is 23.5 Å². The molecule has 0 N–H and O–H groups in total. The molecule has 1 heterocycles. The Bertz CT molecular complexity index is 553. The van der Waals surface area contributed by atoms with E-state index in [9.17, 15) is 14.4 Å². The van der Waals surface area contributed by atoms with E-state index in [4.69, 9.17) is 0 Å². The van der Waals surface area contributed by atoms with Gasteiger partial charge < -0.3 is 0 Å².